The molecule has 0 aliphatic carbocycles. The van der Waals surface area contributed by atoms with Crippen LogP contribution in [0.15, 0.2) is 15.5 Å². The van der Waals surface area contributed by atoms with Crippen molar-refractivity contribution < 1.29 is 14.3 Å². The molecule has 118 valence electrons. The average Bonchev–Trinajstić information content (AvgIpc) is 2.37. The van der Waals surface area contributed by atoms with Gasteiger partial charge in [0.05, 0.1) is 11.6 Å². The van der Waals surface area contributed by atoms with Gasteiger partial charge in [-0.15, -0.1) is 0 Å². The number of amides is 1. The summed E-state index contributed by atoms with van der Waals surface area (Å²) in [6.07, 6.45) is 0.748. The molecule has 1 amide bonds. The summed E-state index contributed by atoms with van der Waals surface area (Å²) in [6.45, 7) is 5.20. The molecule has 2 heterocycles. The number of carbonyl (C=O) groups is 1. The Balaban J connectivity index is 2.44. The second-order valence-electron chi connectivity index (χ2n) is 5.38. The van der Waals surface area contributed by atoms with Gasteiger partial charge in [0, 0.05) is 6.20 Å². The first-order valence-corrected chi connectivity index (χ1v) is 7.13. The number of nitrogens with one attached hydrogen (secondary N) is 2. The molecule has 0 radical (unpaired) electrons. The van der Waals surface area contributed by atoms with Crippen LogP contribution in [0.2, 0.25) is 0 Å². The first-order valence-electron chi connectivity index (χ1n) is 6.34. The molecule has 0 aromatic carbocycles. The monoisotopic (exact) mass is 370 g/mol. The standard InChI is InChI=1S/C13H15BrN4O4/c1-13(2,3)22-12(20)18-11-16-8-6(14)5-15-10(21-4)7(8)9(19)17-11/h5H,1-4H3,(H2,16,17,18,19,20). The maximum absolute atomic E-state index is 12.2. The Morgan fingerprint density at radius 3 is 2.68 bits per heavy atom. The summed E-state index contributed by atoms with van der Waals surface area (Å²) in [5.41, 5.74) is -0.821. The third-order valence-corrected chi connectivity index (χ3v) is 3.05. The first kappa shape index (κ1) is 16.2. The Morgan fingerprint density at radius 1 is 1.41 bits per heavy atom. The highest BCUT2D eigenvalue weighted by Crippen LogP contribution is 2.25. The van der Waals surface area contributed by atoms with E-state index in [9.17, 15) is 9.59 Å². The number of methoxy groups -OCH3 is 1. The number of aromatic nitrogens is 3. The minimum Gasteiger partial charge on any atom is -0.480 e. The van der Waals surface area contributed by atoms with Gasteiger partial charge in [0.25, 0.3) is 5.56 Å². The number of aromatic amines is 1. The van der Waals surface area contributed by atoms with Gasteiger partial charge in [-0.25, -0.2) is 14.8 Å². The number of pyridine rings is 1. The molecule has 9 heteroatoms. The molecule has 2 rings (SSSR count). The second kappa shape index (κ2) is 5.91. The molecule has 0 unspecified atom stereocenters. The van der Waals surface area contributed by atoms with Crippen LogP contribution in [0.1, 0.15) is 20.8 Å². The number of fused-ring (bicyclic) bond motifs is 1. The minimum absolute atomic E-state index is 0.0271. The Bertz CT molecular complexity index is 782. The third kappa shape index (κ3) is 3.53. The summed E-state index contributed by atoms with van der Waals surface area (Å²) in [5.74, 6) is 0.122. The number of ether oxygens (including phenoxy) is 2. The highest BCUT2D eigenvalue weighted by molar-refractivity contribution is 9.10. The van der Waals surface area contributed by atoms with E-state index < -0.39 is 17.3 Å². The van der Waals surface area contributed by atoms with Crippen LogP contribution < -0.4 is 15.6 Å². The Kier molecular flexibility index (Phi) is 4.36. The molecule has 0 aliphatic rings. The predicted octanol–water partition coefficient (Wildman–Crippen LogP) is 2.44. The van der Waals surface area contributed by atoms with Gasteiger partial charge in [0.2, 0.25) is 11.8 Å². The molecule has 0 saturated carbocycles. The van der Waals surface area contributed by atoms with Crippen molar-refractivity contribution in [3.8, 4) is 5.88 Å². The van der Waals surface area contributed by atoms with Crippen LogP contribution in [0, 0.1) is 0 Å². The number of rotatable bonds is 2. The van der Waals surface area contributed by atoms with Crippen LogP contribution >= 0.6 is 15.9 Å². The van der Waals surface area contributed by atoms with Crippen LogP contribution in [0.4, 0.5) is 10.7 Å². The number of H-pyrrole nitrogens is 1. The first-order chi connectivity index (χ1) is 10.2. The Hall–Kier alpha value is -2.16. The zero-order valence-electron chi connectivity index (χ0n) is 12.5. The lowest BCUT2D eigenvalue weighted by Gasteiger charge is -2.19. The van der Waals surface area contributed by atoms with Crippen molar-refractivity contribution in [2.24, 2.45) is 0 Å². The average molecular weight is 371 g/mol. The van der Waals surface area contributed by atoms with Crippen molar-refractivity contribution in [3.63, 3.8) is 0 Å². The topological polar surface area (TPSA) is 106 Å². The van der Waals surface area contributed by atoms with Gasteiger partial charge in [-0.2, -0.15) is 0 Å². The Morgan fingerprint density at radius 2 is 2.09 bits per heavy atom. The number of carbonyl (C=O) groups excluding carboxylic acids is 1. The van der Waals surface area contributed by atoms with Crippen LogP contribution in [0.25, 0.3) is 10.9 Å². The van der Waals surface area contributed by atoms with Gasteiger partial charge >= 0.3 is 6.09 Å². The smallest absolute Gasteiger partial charge is 0.414 e. The number of nitrogens with zero attached hydrogens (tertiary/aromatic N) is 2. The molecule has 0 spiro atoms. The van der Waals surface area contributed by atoms with Crippen LogP contribution in [0.5, 0.6) is 5.88 Å². The van der Waals surface area contributed by atoms with Crippen LogP contribution in [-0.4, -0.2) is 33.8 Å². The third-order valence-electron chi connectivity index (χ3n) is 2.47. The summed E-state index contributed by atoms with van der Waals surface area (Å²) in [4.78, 5) is 34.5. The lowest BCUT2D eigenvalue weighted by atomic mass is 10.2. The van der Waals surface area contributed by atoms with Gasteiger partial charge in [-0.3, -0.25) is 15.1 Å². The van der Waals surface area contributed by atoms with Gasteiger partial charge in [0.1, 0.15) is 16.5 Å². The lowest BCUT2D eigenvalue weighted by Crippen LogP contribution is -2.28. The quantitative estimate of drug-likeness (QED) is 0.840. The molecule has 2 aromatic heterocycles. The van der Waals surface area contributed by atoms with E-state index in [0.717, 1.165) is 0 Å². The van der Waals surface area contributed by atoms with E-state index in [2.05, 4.69) is 36.2 Å². The fourth-order valence-electron chi connectivity index (χ4n) is 1.70. The highest BCUT2D eigenvalue weighted by atomic mass is 79.9. The van der Waals surface area contributed by atoms with Crippen LogP contribution in [-0.2, 0) is 4.74 Å². The molecule has 2 N–H and O–H groups in total. The summed E-state index contributed by atoms with van der Waals surface area (Å²) < 4.78 is 10.7. The summed E-state index contributed by atoms with van der Waals surface area (Å²) in [7, 11) is 1.40. The van der Waals surface area contributed by atoms with Gasteiger partial charge < -0.3 is 9.47 Å². The molecule has 22 heavy (non-hydrogen) atoms. The zero-order chi connectivity index (χ0) is 16.5. The largest absolute Gasteiger partial charge is 0.480 e. The van der Waals surface area contributed by atoms with Crippen molar-refractivity contribution in [2.45, 2.75) is 26.4 Å². The molecule has 0 saturated heterocycles. The SMILES string of the molecule is COc1ncc(Br)c2nc(NC(=O)OC(C)(C)C)[nH]c(=O)c12. The van der Waals surface area contributed by atoms with Crippen molar-refractivity contribution in [1.29, 1.82) is 0 Å². The minimum atomic E-state index is -0.716. The number of anilines is 1. The van der Waals surface area contributed by atoms with E-state index in [-0.39, 0.29) is 17.2 Å². The van der Waals surface area contributed by atoms with Crippen molar-refractivity contribution in [2.75, 3.05) is 12.4 Å². The fraction of sp³-hybridized carbons (Fsp3) is 0.385. The zero-order valence-corrected chi connectivity index (χ0v) is 14.1. The van der Waals surface area contributed by atoms with Gasteiger partial charge in [-0.05, 0) is 36.7 Å². The van der Waals surface area contributed by atoms with Crippen molar-refractivity contribution in [3.05, 3.63) is 21.0 Å². The number of halogens is 1. The molecule has 0 aliphatic heterocycles. The van der Waals surface area contributed by atoms with E-state index in [4.69, 9.17) is 9.47 Å². The van der Waals surface area contributed by atoms with E-state index in [1.807, 2.05) is 0 Å². The molecule has 0 fully saturated rings. The van der Waals surface area contributed by atoms with Crippen molar-refractivity contribution in [1.82, 2.24) is 15.0 Å². The van der Waals surface area contributed by atoms with E-state index in [1.165, 1.54) is 13.3 Å². The van der Waals surface area contributed by atoms with Gasteiger partial charge in [0.15, 0.2) is 0 Å². The number of hydrogen-bond acceptors (Lipinski definition) is 6. The Labute approximate surface area is 134 Å². The van der Waals surface area contributed by atoms with E-state index >= 15 is 0 Å². The van der Waals surface area contributed by atoms with Crippen molar-refractivity contribution >= 4 is 38.9 Å². The maximum Gasteiger partial charge on any atom is 0.414 e. The lowest BCUT2D eigenvalue weighted by molar-refractivity contribution is 0.0634. The summed E-state index contributed by atoms with van der Waals surface area (Å²) in [6, 6.07) is 0. The normalized spacial score (nSPS) is 11.3. The second-order valence-corrected chi connectivity index (χ2v) is 6.23. The maximum atomic E-state index is 12.2. The summed E-state index contributed by atoms with van der Waals surface area (Å²) in [5, 5.41) is 2.57. The summed E-state index contributed by atoms with van der Waals surface area (Å²) >= 11 is 3.27. The molecular weight excluding hydrogens is 356 g/mol. The molecule has 2 aromatic rings. The number of hydrogen-bond donors (Lipinski definition) is 2. The molecule has 0 atom stereocenters. The van der Waals surface area contributed by atoms with Gasteiger partial charge in [-0.1, -0.05) is 0 Å². The molecule has 0 bridgehead atoms. The highest BCUT2D eigenvalue weighted by Gasteiger charge is 2.18. The molecular formula is C13H15BrN4O4. The van der Waals surface area contributed by atoms with Crippen LogP contribution in [0.3, 0.4) is 0 Å². The van der Waals surface area contributed by atoms with E-state index in [1.54, 1.807) is 20.8 Å². The fourth-order valence-corrected chi connectivity index (χ4v) is 2.09. The van der Waals surface area contributed by atoms with E-state index in [0.29, 0.717) is 9.99 Å². The predicted molar refractivity (Wildman–Crippen MR) is 84.3 cm³/mol. The molecule has 8 nitrogen and oxygen atoms in total.